The number of phenols is 2. The van der Waals surface area contributed by atoms with Crippen molar-refractivity contribution in [2.75, 3.05) is 6.54 Å². The van der Waals surface area contributed by atoms with Crippen molar-refractivity contribution in [3.05, 3.63) is 45.5 Å². The monoisotopic (exact) mass is 460 g/mol. The van der Waals surface area contributed by atoms with E-state index in [4.69, 9.17) is 17.3 Å². The van der Waals surface area contributed by atoms with E-state index in [1.165, 1.54) is 6.21 Å². The van der Waals surface area contributed by atoms with Gasteiger partial charge in [-0.15, -0.1) is 0 Å². The van der Waals surface area contributed by atoms with Crippen LogP contribution in [0.15, 0.2) is 28.8 Å². The minimum Gasteiger partial charge on any atom is -0.507 e. The van der Waals surface area contributed by atoms with Gasteiger partial charge in [-0.1, -0.05) is 56.2 Å². The molecule has 1 aliphatic carbocycles. The molecule has 4 N–H and O–H groups in total. The van der Waals surface area contributed by atoms with Gasteiger partial charge in [-0.05, 0) is 43.6 Å². The molecule has 174 valence electrons. The molecule has 1 fully saturated rings. The summed E-state index contributed by atoms with van der Waals surface area (Å²) in [6.45, 7) is 9.66. The van der Waals surface area contributed by atoms with E-state index in [1.807, 2.05) is 26.0 Å². The van der Waals surface area contributed by atoms with E-state index in [-0.39, 0.29) is 46.4 Å². The standard InChI is InChI=1S/C25H33ClN2O4/c1-14(10-11-25(5)15(2)7-9-20(29)17(25)4)6-8-18-23(31)19(12-28-13-21(27)30)16(3)22(26)24(18)32/h6,10-12,15,17,31-32H,7-9,13H2,1-5H3,(H2,27,30)/t15-,17+,25+/m1/s1. The second-order valence-corrected chi connectivity index (χ2v) is 9.32. The fourth-order valence-corrected chi connectivity index (χ4v) is 4.29. The molecular weight excluding hydrogens is 428 g/mol. The van der Waals surface area contributed by atoms with Crippen LogP contribution in [0.3, 0.4) is 0 Å². The summed E-state index contributed by atoms with van der Waals surface area (Å²) >= 11 is 6.26. The van der Waals surface area contributed by atoms with Crippen molar-refractivity contribution in [1.29, 1.82) is 0 Å². The third-order valence-electron chi connectivity index (χ3n) is 6.87. The number of hydrogen-bond donors (Lipinski definition) is 3. The summed E-state index contributed by atoms with van der Waals surface area (Å²) < 4.78 is 0. The number of nitrogens with zero attached hydrogens (tertiary/aromatic N) is 1. The summed E-state index contributed by atoms with van der Waals surface area (Å²) in [6.07, 6.45) is 9.08. The van der Waals surface area contributed by atoms with Crippen molar-refractivity contribution in [3.8, 4) is 11.5 Å². The molecular formula is C25H33ClN2O4. The van der Waals surface area contributed by atoms with E-state index >= 15 is 0 Å². The number of amides is 1. The smallest absolute Gasteiger partial charge is 0.239 e. The van der Waals surface area contributed by atoms with Gasteiger partial charge in [0.1, 0.15) is 23.8 Å². The predicted octanol–water partition coefficient (Wildman–Crippen LogP) is 4.65. The molecule has 2 rings (SSSR count). The lowest BCUT2D eigenvalue weighted by molar-refractivity contribution is -0.129. The Labute approximate surface area is 194 Å². The van der Waals surface area contributed by atoms with E-state index in [0.717, 1.165) is 12.0 Å². The second kappa shape index (κ2) is 10.3. The molecule has 0 spiro atoms. The van der Waals surface area contributed by atoms with Gasteiger partial charge in [-0.3, -0.25) is 14.6 Å². The minimum atomic E-state index is -0.592. The Morgan fingerprint density at radius 3 is 2.59 bits per heavy atom. The maximum atomic E-state index is 12.2. The third-order valence-corrected chi connectivity index (χ3v) is 7.33. The number of halogens is 1. The van der Waals surface area contributed by atoms with E-state index in [0.29, 0.717) is 29.2 Å². The Bertz CT molecular complexity index is 996. The average molecular weight is 461 g/mol. The first-order chi connectivity index (χ1) is 14.9. The van der Waals surface area contributed by atoms with Crippen molar-refractivity contribution in [2.24, 2.45) is 28.0 Å². The van der Waals surface area contributed by atoms with Gasteiger partial charge in [-0.2, -0.15) is 0 Å². The number of allylic oxidation sites excluding steroid dienone is 4. The lowest BCUT2D eigenvalue weighted by atomic mass is 9.61. The summed E-state index contributed by atoms with van der Waals surface area (Å²) in [6, 6.07) is 0. The van der Waals surface area contributed by atoms with Crippen LogP contribution in [0, 0.1) is 24.2 Å². The quantitative estimate of drug-likeness (QED) is 0.406. The van der Waals surface area contributed by atoms with Gasteiger partial charge in [0.05, 0.1) is 5.02 Å². The van der Waals surface area contributed by atoms with Gasteiger partial charge in [0.15, 0.2) is 0 Å². The number of Topliss-reactive ketones (excluding diaryl/α,β-unsaturated/α-hetero) is 1. The van der Waals surface area contributed by atoms with Gasteiger partial charge < -0.3 is 15.9 Å². The van der Waals surface area contributed by atoms with Crippen molar-refractivity contribution < 1.29 is 19.8 Å². The molecule has 0 saturated heterocycles. The zero-order valence-electron chi connectivity index (χ0n) is 19.4. The van der Waals surface area contributed by atoms with Crippen LogP contribution in [0.1, 0.15) is 57.2 Å². The van der Waals surface area contributed by atoms with Gasteiger partial charge in [0.25, 0.3) is 0 Å². The molecule has 7 heteroatoms. The highest BCUT2D eigenvalue weighted by atomic mass is 35.5. The number of primary amides is 1. The average Bonchev–Trinajstić information content (AvgIpc) is 2.74. The van der Waals surface area contributed by atoms with E-state index in [9.17, 15) is 19.8 Å². The number of hydrogen-bond acceptors (Lipinski definition) is 5. The first-order valence-electron chi connectivity index (χ1n) is 10.8. The van der Waals surface area contributed by atoms with Gasteiger partial charge in [-0.25, -0.2) is 0 Å². The first kappa shape index (κ1) is 25.7. The lowest BCUT2D eigenvalue weighted by Crippen LogP contribution is -2.40. The Morgan fingerprint density at radius 1 is 1.31 bits per heavy atom. The number of benzene rings is 1. The van der Waals surface area contributed by atoms with Crippen LogP contribution >= 0.6 is 11.6 Å². The number of aromatic hydroxyl groups is 2. The van der Waals surface area contributed by atoms with Crippen molar-refractivity contribution >= 4 is 29.5 Å². The van der Waals surface area contributed by atoms with E-state index in [1.54, 1.807) is 6.92 Å². The zero-order valence-corrected chi connectivity index (χ0v) is 20.2. The lowest BCUT2D eigenvalue weighted by Gasteiger charge is -2.42. The molecule has 1 aliphatic rings. The van der Waals surface area contributed by atoms with Crippen molar-refractivity contribution in [3.63, 3.8) is 0 Å². The van der Waals surface area contributed by atoms with Crippen molar-refractivity contribution in [2.45, 2.75) is 53.9 Å². The van der Waals surface area contributed by atoms with Crippen molar-refractivity contribution in [1.82, 2.24) is 0 Å². The van der Waals surface area contributed by atoms with Crippen LogP contribution in [0.5, 0.6) is 11.5 Å². The molecule has 3 atom stereocenters. The van der Waals surface area contributed by atoms with Crippen LogP contribution in [0.25, 0.3) is 0 Å². The highest BCUT2D eigenvalue weighted by Crippen LogP contribution is 2.45. The SMILES string of the molecule is CC(C=C[C@@]1(C)[C@H](C)CCC(=O)[C@@H]1C)=CCc1c(O)c(Cl)c(C)c(C=NCC(N)=O)c1O. The molecule has 1 aromatic rings. The molecule has 0 heterocycles. The summed E-state index contributed by atoms with van der Waals surface area (Å²) in [5.41, 5.74) is 6.88. The number of rotatable bonds is 7. The fraction of sp³-hybridized carbons (Fsp3) is 0.480. The summed E-state index contributed by atoms with van der Waals surface area (Å²) in [7, 11) is 0. The number of carbonyl (C=O) groups is 2. The molecule has 0 aliphatic heterocycles. The predicted molar refractivity (Wildman–Crippen MR) is 128 cm³/mol. The van der Waals surface area contributed by atoms with Crippen LogP contribution in [-0.2, 0) is 16.0 Å². The van der Waals surface area contributed by atoms with Crippen LogP contribution in [-0.4, -0.2) is 34.7 Å². The van der Waals surface area contributed by atoms with Gasteiger partial charge >= 0.3 is 0 Å². The van der Waals surface area contributed by atoms with Gasteiger partial charge in [0.2, 0.25) is 5.91 Å². The molecule has 0 unspecified atom stereocenters. The Hall–Kier alpha value is -2.60. The van der Waals surface area contributed by atoms with E-state index in [2.05, 4.69) is 24.9 Å². The summed E-state index contributed by atoms with van der Waals surface area (Å²) in [5.74, 6) is -0.268. The first-order valence-corrected chi connectivity index (χ1v) is 11.2. The molecule has 0 aromatic heterocycles. The summed E-state index contributed by atoms with van der Waals surface area (Å²) in [5, 5.41) is 21.3. The Balaban J connectivity index is 2.31. The number of phenolic OH excluding ortho intramolecular Hbond substituents is 2. The maximum absolute atomic E-state index is 12.2. The summed E-state index contributed by atoms with van der Waals surface area (Å²) in [4.78, 5) is 27.1. The molecule has 1 saturated carbocycles. The molecule has 6 nitrogen and oxygen atoms in total. The molecule has 0 radical (unpaired) electrons. The topological polar surface area (TPSA) is 113 Å². The highest BCUT2D eigenvalue weighted by Gasteiger charge is 2.41. The second-order valence-electron chi connectivity index (χ2n) is 8.94. The number of nitrogens with two attached hydrogens (primary N) is 1. The molecule has 32 heavy (non-hydrogen) atoms. The Morgan fingerprint density at radius 2 is 1.97 bits per heavy atom. The van der Waals surface area contributed by atoms with Crippen LogP contribution in [0.4, 0.5) is 0 Å². The fourth-order valence-electron chi connectivity index (χ4n) is 4.07. The number of aliphatic imine (C=N–C) groups is 1. The van der Waals surface area contributed by atoms with E-state index < -0.39 is 5.91 Å². The van der Waals surface area contributed by atoms with Crippen LogP contribution in [0.2, 0.25) is 5.02 Å². The largest absolute Gasteiger partial charge is 0.507 e. The van der Waals surface area contributed by atoms with Crippen LogP contribution < -0.4 is 5.73 Å². The normalized spacial score (nSPS) is 24.6. The third kappa shape index (κ3) is 5.41. The number of ketones is 1. The number of carbonyl (C=O) groups excluding carboxylic acids is 2. The zero-order chi connectivity index (χ0) is 24.2. The maximum Gasteiger partial charge on any atom is 0.239 e. The molecule has 1 aromatic carbocycles. The highest BCUT2D eigenvalue weighted by molar-refractivity contribution is 6.33. The minimum absolute atomic E-state index is 0.0402. The van der Waals surface area contributed by atoms with Gasteiger partial charge in [0, 0.05) is 29.7 Å². The molecule has 0 bridgehead atoms. The Kier molecular flexibility index (Phi) is 8.29. The molecule has 1 amide bonds.